The van der Waals surface area contributed by atoms with Gasteiger partial charge in [-0.1, -0.05) is 26.2 Å². The van der Waals surface area contributed by atoms with Gasteiger partial charge in [0.25, 0.3) is 5.56 Å². The van der Waals surface area contributed by atoms with Crippen molar-refractivity contribution >= 4 is 0 Å². The molecule has 4 nitrogen and oxygen atoms in total. The van der Waals surface area contributed by atoms with Crippen LogP contribution in [-0.4, -0.2) is 11.6 Å². The van der Waals surface area contributed by atoms with Crippen LogP contribution in [0.4, 0.5) is 8.78 Å². The number of rotatable bonds is 7. The van der Waals surface area contributed by atoms with Gasteiger partial charge in [0.1, 0.15) is 11.6 Å². The smallest absolute Gasteiger partial charge is 0.266 e. The van der Waals surface area contributed by atoms with E-state index in [2.05, 4.69) is 11.9 Å². The summed E-state index contributed by atoms with van der Waals surface area (Å²) in [5.41, 5.74) is 0.0402. The van der Waals surface area contributed by atoms with E-state index >= 15 is 0 Å². The number of aryl methyl sites for hydroxylation is 1. The third-order valence-electron chi connectivity index (χ3n) is 3.83. The highest BCUT2D eigenvalue weighted by atomic mass is 19.1. The second-order valence-electron chi connectivity index (χ2n) is 5.86. The molecule has 6 heteroatoms. The summed E-state index contributed by atoms with van der Waals surface area (Å²) in [6, 6.07) is 5.46. The van der Waals surface area contributed by atoms with Crippen LogP contribution in [0, 0.1) is 29.9 Å². The summed E-state index contributed by atoms with van der Waals surface area (Å²) in [5, 5.41) is 9.15. The second-order valence-corrected chi connectivity index (χ2v) is 5.86. The van der Waals surface area contributed by atoms with Crippen LogP contribution >= 0.6 is 0 Å². The van der Waals surface area contributed by atoms with Crippen molar-refractivity contribution in [2.24, 2.45) is 0 Å². The van der Waals surface area contributed by atoms with Gasteiger partial charge in [-0.2, -0.15) is 5.26 Å². The molecule has 132 valence electrons. The zero-order valence-electron chi connectivity index (χ0n) is 14.3. The molecule has 1 aromatic heterocycles. The molecule has 0 unspecified atom stereocenters. The fraction of sp³-hybridized carbons (Fsp3) is 0.368. The number of benzene rings is 1. The topological polar surface area (TPSA) is 65.9 Å². The number of H-pyrrole nitrogens is 1. The Kier molecular flexibility index (Phi) is 6.29. The highest BCUT2D eigenvalue weighted by Gasteiger charge is 2.17. The normalized spacial score (nSPS) is 10.5. The molecule has 2 aromatic rings. The Morgan fingerprint density at radius 3 is 2.44 bits per heavy atom. The van der Waals surface area contributed by atoms with Gasteiger partial charge in [0, 0.05) is 11.3 Å². The predicted octanol–water partition coefficient (Wildman–Crippen LogP) is 4.46. The predicted molar refractivity (Wildman–Crippen MR) is 91.5 cm³/mol. The molecule has 1 heterocycles. The molecule has 0 saturated carbocycles. The summed E-state index contributed by atoms with van der Waals surface area (Å²) in [7, 11) is 0. The van der Waals surface area contributed by atoms with E-state index in [4.69, 9.17) is 10.00 Å². The van der Waals surface area contributed by atoms with Crippen molar-refractivity contribution in [3.63, 3.8) is 0 Å². The molecule has 25 heavy (non-hydrogen) atoms. The standard InChI is InChI=1S/C19H20F2N2O2/c1-3-4-5-6-7-25-18-16(20)9-13(10-17(18)21)14-8-12(2)23-19(24)15(14)11-22/h8-10H,3-7H2,1-2H3,(H,23,24). The highest BCUT2D eigenvalue weighted by Crippen LogP contribution is 2.30. The summed E-state index contributed by atoms with van der Waals surface area (Å²) < 4.78 is 33.8. The largest absolute Gasteiger partial charge is 0.488 e. The van der Waals surface area contributed by atoms with Crippen molar-refractivity contribution in [1.29, 1.82) is 5.26 Å². The molecule has 0 amide bonds. The van der Waals surface area contributed by atoms with Crippen LogP contribution in [0.5, 0.6) is 5.75 Å². The SMILES string of the molecule is CCCCCCOc1c(F)cc(-c2cc(C)[nH]c(=O)c2C#N)cc1F. The molecule has 0 aliphatic carbocycles. The monoisotopic (exact) mass is 346 g/mol. The van der Waals surface area contributed by atoms with Gasteiger partial charge in [0.05, 0.1) is 6.61 Å². The number of aromatic amines is 1. The van der Waals surface area contributed by atoms with Gasteiger partial charge in [-0.05, 0) is 37.1 Å². The number of hydrogen-bond acceptors (Lipinski definition) is 3. The van der Waals surface area contributed by atoms with E-state index in [0.29, 0.717) is 5.69 Å². The van der Waals surface area contributed by atoms with Crippen molar-refractivity contribution in [3.8, 4) is 22.9 Å². The number of nitrogens with zero attached hydrogens (tertiary/aromatic N) is 1. The third-order valence-corrected chi connectivity index (χ3v) is 3.83. The van der Waals surface area contributed by atoms with E-state index in [9.17, 15) is 13.6 Å². The first-order chi connectivity index (χ1) is 12.0. The van der Waals surface area contributed by atoms with Crippen molar-refractivity contribution in [2.75, 3.05) is 6.61 Å². The Labute approximate surface area is 145 Å². The van der Waals surface area contributed by atoms with Crippen molar-refractivity contribution in [2.45, 2.75) is 39.5 Å². The molecule has 0 saturated heterocycles. The number of pyridine rings is 1. The van der Waals surface area contributed by atoms with Gasteiger partial charge in [0.2, 0.25) is 0 Å². The second kappa shape index (κ2) is 8.43. The van der Waals surface area contributed by atoms with E-state index in [0.717, 1.165) is 37.8 Å². The van der Waals surface area contributed by atoms with Gasteiger partial charge in [-0.25, -0.2) is 8.78 Å². The van der Waals surface area contributed by atoms with Gasteiger partial charge >= 0.3 is 0 Å². The van der Waals surface area contributed by atoms with E-state index in [1.54, 1.807) is 13.0 Å². The first kappa shape index (κ1) is 18.7. The van der Waals surface area contributed by atoms with Gasteiger partial charge in [0.15, 0.2) is 17.4 Å². The van der Waals surface area contributed by atoms with Crippen LogP contribution in [0.1, 0.15) is 43.9 Å². The first-order valence-electron chi connectivity index (χ1n) is 8.24. The average molecular weight is 346 g/mol. The minimum atomic E-state index is -0.854. The Morgan fingerprint density at radius 2 is 1.84 bits per heavy atom. The maximum atomic E-state index is 14.3. The van der Waals surface area contributed by atoms with Crippen LogP contribution in [0.2, 0.25) is 0 Å². The number of ether oxygens (including phenoxy) is 1. The lowest BCUT2D eigenvalue weighted by molar-refractivity contribution is 0.275. The summed E-state index contributed by atoms with van der Waals surface area (Å²) in [5.74, 6) is -2.14. The molecular weight excluding hydrogens is 326 g/mol. The zero-order chi connectivity index (χ0) is 18.4. The molecule has 0 fully saturated rings. The number of unbranched alkanes of at least 4 members (excludes halogenated alkanes) is 3. The number of hydrogen-bond donors (Lipinski definition) is 1. The van der Waals surface area contributed by atoms with Crippen molar-refractivity contribution in [3.05, 3.63) is 51.4 Å². The minimum absolute atomic E-state index is 0.124. The maximum absolute atomic E-state index is 14.3. The number of aromatic nitrogens is 1. The third kappa shape index (κ3) is 4.44. The zero-order valence-corrected chi connectivity index (χ0v) is 14.3. The van der Waals surface area contributed by atoms with Crippen LogP contribution in [-0.2, 0) is 0 Å². The van der Waals surface area contributed by atoms with Crippen LogP contribution in [0.15, 0.2) is 23.0 Å². The van der Waals surface area contributed by atoms with Crippen LogP contribution in [0.3, 0.4) is 0 Å². The summed E-state index contributed by atoms with van der Waals surface area (Å²) >= 11 is 0. The van der Waals surface area contributed by atoms with E-state index in [1.807, 2.05) is 0 Å². The lowest BCUT2D eigenvalue weighted by Gasteiger charge is -2.11. The molecule has 2 rings (SSSR count). The molecule has 0 spiro atoms. The fourth-order valence-corrected chi connectivity index (χ4v) is 2.58. The number of halogens is 2. The first-order valence-corrected chi connectivity index (χ1v) is 8.24. The van der Waals surface area contributed by atoms with Crippen molar-refractivity contribution in [1.82, 2.24) is 4.98 Å². The Balaban J connectivity index is 2.32. The molecule has 1 aromatic carbocycles. The Bertz CT molecular complexity index is 830. The lowest BCUT2D eigenvalue weighted by Crippen LogP contribution is -2.13. The summed E-state index contributed by atoms with van der Waals surface area (Å²) in [4.78, 5) is 14.3. The molecule has 0 aliphatic rings. The lowest BCUT2D eigenvalue weighted by atomic mass is 10.0. The fourth-order valence-electron chi connectivity index (χ4n) is 2.58. The van der Waals surface area contributed by atoms with E-state index < -0.39 is 22.9 Å². The summed E-state index contributed by atoms with van der Waals surface area (Å²) in [6.07, 6.45) is 3.77. The maximum Gasteiger partial charge on any atom is 0.266 e. The average Bonchev–Trinajstić information content (AvgIpc) is 2.56. The van der Waals surface area contributed by atoms with Crippen LogP contribution in [0.25, 0.3) is 11.1 Å². The van der Waals surface area contributed by atoms with Gasteiger partial charge in [-0.3, -0.25) is 4.79 Å². The van der Waals surface area contributed by atoms with Crippen molar-refractivity contribution < 1.29 is 13.5 Å². The summed E-state index contributed by atoms with van der Waals surface area (Å²) in [6.45, 7) is 3.94. The quantitative estimate of drug-likeness (QED) is 0.753. The molecule has 0 bridgehead atoms. The molecule has 0 aliphatic heterocycles. The Morgan fingerprint density at radius 1 is 1.16 bits per heavy atom. The number of nitriles is 1. The molecule has 1 N–H and O–H groups in total. The van der Waals surface area contributed by atoms with Crippen LogP contribution < -0.4 is 10.3 Å². The Hall–Kier alpha value is -2.68. The van der Waals surface area contributed by atoms with E-state index in [1.165, 1.54) is 6.07 Å². The minimum Gasteiger partial charge on any atom is -0.488 e. The molecule has 0 radical (unpaired) electrons. The van der Waals surface area contributed by atoms with Gasteiger partial charge < -0.3 is 9.72 Å². The highest BCUT2D eigenvalue weighted by molar-refractivity contribution is 5.71. The van der Waals surface area contributed by atoms with E-state index in [-0.39, 0.29) is 23.3 Å². The van der Waals surface area contributed by atoms with Gasteiger partial charge in [-0.15, -0.1) is 0 Å². The number of nitrogens with one attached hydrogen (secondary N) is 1. The molecular formula is C19H20F2N2O2. The molecule has 0 atom stereocenters.